The van der Waals surface area contributed by atoms with Crippen LogP contribution in [0.15, 0.2) is 54.9 Å². The molecule has 140 valence electrons. The average Bonchev–Trinajstić information content (AvgIpc) is 3.14. The van der Waals surface area contributed by atoms with Crippen molar-refractivity contribution >= 4 is 5.91 Å². The zero-order valence-electron chi connectivity index (χ0n) is 15.8. The smallest absolute Gasteiger partial charge is 0.258 e. The van der Waals surface area contributed by atoms with Gasteiger partial charge in [-0.1, -0.05) is 44.2 Å². The van der Waals surface area contributed by atoms with Crippen molar-refractivity contribution in [2.24, 2.45) is 0 Å². The molecule has 0 aliphatic heterocycles. The number of ether oxygens (including phenoxy) is 1. The van der Waals surface area contributed by atoms with Gasteiger partial charge in [0, 0.05) is 5.69 Å². The number of benzene rings is 2. The van der Waals surface area contributed by atoms with Gasteiger partial charge in [0.05, 0.1) is 6.54 Å². The topological polar surface area (TPSA) is 69.0 Å². The van der Waals surface area contributed by atoms with Crippen LogP contribution in [-0.4, -0.2) is 27.3 Å². The standard InChI is InChI=1S/C21H24N4O2/c1-15(2)18-10-9-16(3)11-19(18)27-13-21(26)22-12-20-24-23-14-25(20)17-7-5-4-6-8-17/h4-11,14-15H,12-13H2,1-3H3,(H,22,26). The maximum Gasteiger partial charge on any atom is 0.258 e. The number of nitrogens with zero attached hydrogens (tertiary/aromatic N) is 3. The Kier molecular flexibility index (Phi) is 5.86. The van der Waals surface area contributed by atoms with Crippen molar-refractivity contribution in [1.82, 2.24) is 20.1 Å². The van der Waals surface area contributed by atoms with Crippen molar-refractivity contribution in [2.75, 3.05) is 6.61 Å². The maximum atomic E-state index is 12.2. The van der Waals surface area contributed by atoms with E-state index < -0.39 is 0 Å². The van der Waals surface area contributed by atoms with Gasteiger partial charge in [-0.05, 0) is 42.2 Å². The minimum Gasteiger partial charge on any atom is -0.483 e. The highest BCUT2D eigenvalue weighted by molar-refractivity contribution is 5.77. The molecule has 0 atom stereocenters. The van der Waals surface area contributed by atoms with Crippen molar-refractivity contribution in [3.63, 3.8) is 0 Å². The lowest BCUT2D eigenvalue weighted by molar-refractivity contribution is -0.123. The molecule has 0 radical (unpaired) electrons. The van der Waals surface area contributed by atoms with Crippen LogP contribution in [0.5, 0.6) is 5.75 Å². The maximum absolute atomic E-state index is 12.2. The molecule has 2 aromatic carbocycles. The summed E-state index contributed by atoms with van der Waals surface area (Å²) in [5, 5.41) is 10.9. The lowest BCUT2D eigenvalue weighted by atomic mass is 10.0. The van der Waals surface area contributed by atoms with Crippen molar-refractivity contribution in [3.8, 4) is 11.4 Å². The first-order valence-corrected chi connectivity index (χ1v) is 8.99. The van der Waals surface area contributed by atoms with Gasteiger partial charge in [0.1, 0.15) is 12.1 Å². The normalized spacial score (nSPS) is 10.8. The minimum absolute atomic E-state index is 0.0390. The highest BCUT2D eigenvalue weighted by Gasteiger charge is 2.12. The minimum atomic E-state index is -0.200. The predicted molar refractivity (Wildman–Crippen MR) is 104 cm³/mol. The lowest BCUT2D eigenvalue weighted by Crippen LogP contribution is -2.29. The molecule has 0 saturated carbocycles. The van der Waals surface area contributed by atoms with Crippen LogP contribution in [0.1, 0.15) is 36.7 Å². The molecule has 0 unspecified atom stereocenters. The predicted octanol–water partition coefficient (Wildman–Crippen LogP) is 3.39. The summed E-state index contributed by atoms with van der Waals surface area (Å²) >= 11 is 0. The molecule has 27 heavy (non-hydrogen) atoms. The highest BCUT2D eigenvalue weighted by atomic mass is 16.5. The Morgan fingerprint density at radius 2 is 1.96 bits per heavy atom. The number of amides is 1. The molecular formula is C21H24N4O2. The van der Waals surface area contributed by atoms with Gasteiger partial charge in [0.2, 0.25) is 0 Å². The molecule has 1 N–H and O–H groups in total. The van der Waals surface area contributed by atoms with Gasteiger partial charge in [-0.25, -0.2) is 0 Å². The fraction of sp³-hybridized carbons (Fsp3) is 0.286. The van der Waals surface area contributed by atoms with Gasteiger partial charge < -0.3 is 10.1 Å². The Hall–Kier alpha value is -3.15. The van der Waals surface area contributed by atoms with Crippen LogP contribution in [0.4, 0.5) is 0 Å². The van der Waals surface area contributed by atoms with E-state index in [0.29, 0.717) is 11.7 Å². The number of carbonyl (C=O) groups excluding carboxylic acids is 1. The number of para-hydroxylation sites is 1. The van der Waals surface area contributed by atoms with E-state index in [1.165, 1.54) is 0 Å². The molecule has 1 heterocycles. The molecule has 0 bridgehead atoms. The summed E-state index contributed by atoms with van der Waals surface area (Å²) in [6, 6.07) is 15.8. The summed E-state index contributed by atoms with van der Waals surface area (Å²) < 4.78 is 7.62. The van der Waals surface area contributed by atoms with Crippen LogP contribution in [-0.2, 0) is 11.3 Å². The van der Waals surface area contributed by atoms with Crippen LogP contribution in [0.3, 0.4) is 0 Å². The molecule has 1 aromatic heterocycles. The van der Waals surface area contributed by atoms with Crippen molar-refractivity contribution < 1.29 is 9.53 Å². The number of rotatable bonds is 7. The molecule has 3 rings (SSSR count). The van der Waals surface area contributed by atoms with E-state index in [0.717, 1.165) is 22.6 Å². The summed E-state index contributed by atoms with van der Waals surface area (Å²) in [5.74, 6) is 1.54. The molecule has 0 spiro atoms. The Labute approximate surface area is 159 Å². The van der Waals surface area contributed by atoms with Crippen LogP contribution >= 0.6 is 0 Å². The third-order valence-corrected chi connectivity index (χ3v) is 4.25. The van der Waals surface area contributed by atoms with Gasteiger partial charge in [0.25, 0.3) is 5.91 Å². The summed E-state index contributed by atoms with van der Waals surface area (Å²) in [5.41, 5.74) is 3.15. The average molecular weight is 364 g/mol. The Bertz CT molecular complexity index is 904. The van der Waals surface area contributed by atoms with Crippen molar-refractivity contribution in [2.45, 2.75) is 33.2 Å². The van der Waals surface area contributed by atoms with E-state index in [2.05, 4.69) is 41.5 Å². The number of aromatic nitrogens is 3. The molecule has 1 amide bonds. The van der Waals surface area contributed by atoms with Crippen molar-refractivity contribution in [1.29, 1.82) is 0 Å². The third kappa shape index (κ3) is 4.73. The number of hydrogen-bond acceptors (Lipinski definition) is 4. The lowest BCUT2D eigenvalue weighted by Gasteiger charge is -2.15. The molecule has 6 heteroatoms. The number of carbonyl (C=O) groups is 1. The second-order valence-corrected chi connectivity index (χ2v) is 6.71. The zero-order valence-corrected chi connectivity index (χ0v) is 15.8. The molecule has 6 nitrogen and oxygen atoms in total. The van der Waals surface area contributed by atoms with Crippen LogP contribution in [0, 0.1) is 6.92 Å². The number of aryl methyl sites for hydroxylation is 1. The molecule has 0 saturated heterocycles. The SMILES string of the molecule is Cc1ccc(C(C)C)c(OCC(=O)NCc2nncn2-c2ccccc2)c1. The van der Waals surface area contributed by atoms with E-state index >= 15 is 0 Å². The quantitative estimate of drug-likeness (QED) is 0.698. The van der Waals surface area contributed by atoms with Gasteiger partial charge in [-0.2, -0.15) is 0 Å². The largest absolute Gasteiger partial charge is 0.483 e. The fourth-order valence-electron chi connectivity index (χ4n) is 2.80. The highest BCUT2D eigenvalue weighted by Crippen LogP contribution is 2.27. The van der Waals surface area contributed by atoms with Gasteiger partial charge in [-0.15, -0.1) is 10.2 Å². The van der Waals surface area contributed by atoms with E-state index in [9.17, 15) is 4.79 Å². The Balaban J connectivity index is 1.59. The Morgan fingerprint density at radius 1 is 1.19 bits per heavy atom. The van der Waals surface area contributed by atoms with Gasteiger partial charge in [-0.3, -0.25) is 9.36 Å². The third-order valence-electron chi connectivity index (χ3n) is 4.25. The van der Waals surface area contributed by atoms with E-state index in [-0.39, 0.29) is 19.1 Å². The van der Waals surface area contributed by atoms with E-state index in [4.69, 9.17) is 4.74 Å². The fourth-order valence-corrected chi connectivity index (χ4v) is 2.80. The van der Waals surface area contributed by atoms with Crippen LogP contribution in [0.25, 0.3) is 5.69 Å². The van der Waals surface area contributed by atoms with Gasteiger partial charge >= 0.3 is 0 Å². The summed E-state index contributed by atoms with van der Waals surface area (Å²) in [7, 11) is 0. The second kappa shape index (κ2) is 8.49. The zero-order chi connectivity index (χ0) is 19.2. The summed E-state index contributed by atoms with van der Waals surface area (Å²) in [6.45, 7) is 6.46. The van der Waals surface area contributed by atoms with E-state index in [1.54, 1.807) is 6.33 Å². The first kappa shape index (κ1) is 18.6. The van der Waals surface area contributed by atoms with Gasteiger partial charge in [0.15, 0.2) is 12.4 Å². The molecular weight excluding hydrogens is 340 g/mol. The molecule has 3 aromatic rings. The number of nitrogens with one attached hydrogen (secondary N) is 1. The Morgan fingerprint density at radius 3 is 2.70 bits per heavy atom. The first-order chi connectivity index (χ1) is 13.0. The molecule has 0 fully saturated rings. The van der Waals surface area contributed by atoms with Crippen LogP contribution in [0.2, 0.25) is 0 Å². The summed E-state index contributed by atoms with van der Waals surface area (Å²) in [4.78, 5) is 12.2. The van der Waals surface area contributed by atoms with Crippen LogP contribution < -0.4 is 10.1 Å². The molecule has 0 aliphatic carbocycles. The van der Waals surface area contributed by atoms with Crippen molar-refractivity contribution in [3.05, 3.63) is 71.8 Å². The second-order valence-electron chi connectivity index (χ2n) is 6.71. The van der Waals surface area contributed by atoms with E-state index in [1.807, 2.05) is 47.9 Å². The summed E-state index contributed by atoms with van der Waals surface area (Å²) in [6.07, 6.45) is 1.63. The number of hydrogen-bond donors (Lipinski definition) is 1. The monoisotopic (exact) mass is 364 g/mol. The molecule has 0 aliphatic rings. The first-order valence-electron chi connectivity index (χ1n) is 8.99.